The van der Waals surface area contributed by atoms with E-state index in [1.807, 2.05) is 4.90 Å². The zero-order valence-electron chi connectivity index (χ0n) is 10.4. The van der Waals surface area contributed by atoms with Gasteiger partial charge in [0.05, 0.1) is 28.4 Å². The zero-order chi connectivity index (χ0) is 14.1. The van der Waals surface area contributed by atoms with E-state index in [-0.39, 0.29) is 6.04 Å². The number of nitrogens with zero attached hydrogens (tertiary/aromatic N) is 6. The maximum atomic E-state index is 10.1. The van der Waals surface area contributed by atoms with Gasteiger partial charge in [0.2, 0.25) is 0 Å². The smallest absolute Gasteiger partial charge is 0.130 e. The molecule has 2 atom stereocenters. The Hall–Kier alpha value is -1.98. The first-order valence-electron chi connectivity index (χ1n) is 6.03. The van der Waals surface area contributed by atoms with Crippen LogP contribution >= 0.6 is 15.9 Å². The van der Waals surface area contributed by atoms with Crippen LogP contribution in [0.15, 0.2) is 29.1 Å². The predicted molar refractivity (Wildman–Crippen MR) is 73.9 cm³/mol. The van der Waals surface area contributed by atoms with Crippen molar-refractivity contribution in [3.05, 3.63) is 34.7 Å². The number of aliphatic hydroxyl groups excluding tert-OH is 1. The lowest BCUT2D eigenvalue weighted by Crippen LogP contribution is -2.22. The van der Waals surface area contributed by atoms with Crippen LogP contribution in [0.4, 0.5) is 5.82 Å². The van der Waals surface area contributed by atoms with Crippen LogP contribution in [0.25, 0.3) is 0 Å². The summed E-state index contributed by atoms with van der Waals surface area (Å²) in [4.78, 5) is 6.23. The summed E-state index contributed by atoms with van der Waals surface area (Å²) >= 11 is 3.28. The number of halogens is 1. The standard InChI is InChI=1S/C12H11BrN6O/c13-9-5-15-12(3-8(9)4-14)18-6-10(11(20)7-18)19-2-1-16-17-19/h1-3,5,10-11,20H,6-7H2/t10-,11-/m1/s1. The van der Waals surface area contributed by atoms with Gasteiger partial charge in [-0.05, 0) is 22.0 Å². The largest absolute Gasteiger partial charge is 0.389 e. The van der Waals surface area contributed by atoms with Crippen molar-refractivity contribution in [1.29, 1.82) is 5.26 Å². The van der Waals surface area contributed by atoms with Gasteiger partial charge in [-0.25, -0.2) is 9.67 Å². The summed E-state index contributed by atoms with van der Waals surface area (Å²) in [7, 11) is 0. The van der Waals surface area contributed by atoms with Crippen molar-refractivity contribution in [2.24, 2.45) is 0 Å². The maximum Gasteiger partial charge on any atom is 0.130 e. The second-order valence-corrected chi connectivity index (χ2v) is 5.41. The second kappa shape index (κ2) is 5.19. The first kappa shape index (κ1) is 13.0. The fourth-order valence-electron chi connectivity index (χ4n) is 2.30. The zero-order valence-corrected chi connectivity index (χ0v) is 12.0. The SMILES string of the molecule is N#Cc1cc(N2C[C@@H](O)[C@H](n3ccnn3)C2)ncc1Br. The molecule has 0 saturated carbocycles. The number of nitriles is 1. The molecule has 0 radical (unpaired) electrons. The molecule has 0 aromatic carbocycles. The van der Waals surface area contributed by atoms with E-state index >= 15 is 0 Å². The lowest BCUT2D eigenvalue weighted by Gasteiger charge is -2.17. The molecule has 7 nitrogen and oxygen atoms in total. The lowest BCUT2D eigenvalue weighted by molar-refractivity contribution is 0.144. The van der Waals surface area contributed by atoms with Gasteiger partial charge >= 0.3 is 0 Å². The predicted octanol–water partition coefficient (Wildman–Crippen LogP) is 0.729. The van der Waals surface area contributed by atoms with E-state index in [4.69, 9.17) is 5.26 Å². The van der Waals surface area contributed by atoms with Gasteiger partial charge in [0.25, 0.3) is 0 Å². The Labute approximate surface area is 123 Å². The average Bonchev–Trinajstić information content (AvgIpc) is 3.08. The van der Waals surface area contributed by atoms with Crippen molar-refractivity contribution >= 4 is 21.7 Å². The molecule has 1 saturated heterocycles. The van der Waals surface area contributed by atoms with Crippen LogP contribution in [-0.4, -0.2) is 44.3 Å². The van der Waals surface area contributed by atoms with Gasteiger partial charge in [0.1, 0.15) is 11.9 Å². The summed E-state index contributed by atoms with van der Waals surface area (Å²) in [6.07, 6.45) is 4.37. The molecule has 0 aliphatic carbocycles. The molecule has 2 aromatic heterocycles. The topological polar surface area (TPSA) is 90.9 Å². The summed E-state index contributed by atoms with van der Waals surface area (Å²) in [5.74, 6) is 0.673. The Bertz CT molecular complexity index is 652. The number of β-amino-alcohol motifs (C(OH)–C–C–N with tert-alkyl or cyclic N) is 1. The highest BCUT2D eigenvalue weighted by atomic mass is 79.9. The number of aromatic nitrogens is 4. The van der Waals surface area contributed by atoms with Gasteiger partial charge in [-0.1, -0.05) is 5.21 Å². The highest BCUT2D eigenvalue weighted by Crippen LogP contribution is 2.27. The molecular weight excluding hydrogens is 324 g/mol. The summed E-state index contributed by atoms with van der Waals surface area (Å²) in [6.45, 7) is 1.02. The van der Waals surface area contributed by atoms with Crippen LogP contribution in [0.3, 0.4) is 0 Å². The molecule has 0 bridgehead atoms. The number of aliphatic hydroxyl groups is 1. The van der Waals surface area contributed by atoms with Crippen LogP contribution in [0.5, 0.6) is 0 Å². The van der Waals surface area contributed by atoms with Crippen LogP contribution in [0.1, 0.15) is 11.6 Å². The fraction of sp³-hybridized carbons (Fsp3) is 0.333. The quantitative estimate of drug-likeness (QED) is 0.870. The van der Waals surface area contributed by atoms with Crippen molar-refractivity contribution in [1.82, 2.24) is 20.0 Å². The first-order chi connectivity index (χ1) is 9.69. The van der Waals surface area contributed by atoms with Gasteiger partial charge in [0.15, 0.2) is 0 Å². The average molecular weight is 335 g/mol. The molecule has 102 valence electrons. The van der Waals surface area contributed by atoms with E-state index in [1.165, 1.54) is 0 Å². The van der Waals surface area contributed by atoms with Crippen molar-refractivity contribution in [2.75, 3.05) is 18.0 Å². The van der Waals surface area contributed by atoms with Gasteiger partial charge in [-0.3, -0.25) is 0 Å². The van der Waals surface area contributed by atoms with Crippen molar-refractivity contribution < 1.29 is 5.11 Å². The molecule has 1 N–H and O–H groups in total. The number of hydrogen-bond donors (Lipinski definition) is 1. The minimum absolute atomic E-state index is 0.159. The third-order valence-corrected chi connectivity index (χ3v) is 3.96. The third-order valence-electron chi connectivity index (χ3n) is 3.33. The van der Waals surface area contributed by atoms with E-state index in [0.29, 0.717) is 28.9 Å². The van der Waals surface area contributed by atoms with Crippen LogP contribution in [0, 0.1) is 11.3 Å². The van der Waals surface area contributed by atoms with Crippen LogP contribution in [-0.2, 0) is 0 Å². The molecule has 3 rings (SSSR count). The number of rotatable bonds is 2. The molecule has 1 aliphatic rings. The van der Waals surface area contributed by atoms with E-state index in [2.05, 4.69) is 37.3 Å². The summed E-state index contributed by atoms with van der Waals surface area (Å²) < 4.78 is 2.31. The number of pyridine rings is 1. The molecule has 3 heterocycles. The normalized spacial score (nSPS) is 21.9. The molecular formula is C12H11BrN6O. The Morgan fingerprint density at radius 3 is 3.00 bits per heavy atom. The van der Waals surface area contributed by atoms with Crippen molar-refractivity contribution in [3.63, 3.8) is 0 Å². The van der Waals surface area contributed by atoms with Crippen LogP contribution < -0.4 is 4.90 Å². The Morgan fingerprint density at radius 1 is 1.45 bits per heavy atom. The monoisotopic (exact) mass is 334 g/mol. The van der Waals surface area contributed by atoms with Gasteiger partial charge in [-0.15, -0.1) is 5.10 Å². The molecule has 20 heavy (non-hydrogen) atoms. The molecule has 0 spiro atoms. The third kappa shape index (κ3) is 2.26. The molecule has 1 aliphatic heterocycles. The highest BCUT2D eigenvalue weighted by Gasteiger charge is 2.34. The maximum absolute atomic E-state index is 10.1. The number of hydrogen-bond acceptors (Lipinski definition) is 6. The van der Waals surface area contributed by atoms with Gasteiger partial charge in [0, 0.05) is 25.5 Å². The molecule has 0 unspecified atom stereocenters. The Kier molecular flexibility index (Phi) is 3.38. The Morgan fingerprint density at radius 2 is 2.30 bits per heavy atom. The summed E-state index contributed by atoms with van der Waals surface area (Å²) in [5.41, 5.74) is 0.522. The van der Waals surface area contributed by atoms with Crippen molar-refractivity contribution in [2.45, 2.75) is 12.1 Å². The minimum atomic E-state index is -0.548. The van der Waals surface area contributed by atoms with Crippen LogP contribution in [0.2, 0.25) is 0 Å². The van der Waals surface area contributed by atoms with E-state index in [0.717, 1.165) is 0 Å². The van der Waals surface area contributed by atoms with Gasteiger partial charge < -0.3 is 10.0 Å². The molecule has 1 fully saturated rings. The first-order valence-corrected chi connectivity index (χ1v) is 6.83. The number of anilines is 1. The Balaban J connectivity index is 1.85. The molecule has 8 heteroatoms. The van der Waals surface area contributed by atoms with Crippen molar-refractivity contribution in [3.8, 4) is 6.07 Å². The summed E-state index contributed by atoms with van der Waals surface area (Å²) in [6, 6.07) is 3.66. The van der Waals surface area contributed by atoms with E-state index in [1.54, 1.807) is 29.3 Å². The van der Waals surface area contributed by atoms with E-state index < -0.39 is 6.10 Å². The summed E-state index contributed by atoms with van der Waals surface area (Å²) in [5, 5.41) is 26.9. The minimum Gasteiger partial charge on any atom is -0.389 e. The highest BCUT2D eigenvalue weighted by molar-refractivity contribution is 9.10. The molecule has 0 amide bonds. The lowest BCUT2D eigenvalue weighted by atomic mass is 10.2. The van der Waals surface area contributed by atoms with Gasteiger partial charge in [-0.2, -0.15) is 5.26 Å². The fourth-order valence-corrected chi connectivity index (χ4v) is 2.60. The van der Waals surface area contributed by atoms with E-state index in [9.17, 15) is 5.11 Å². The molecule has 2 aromatic rings. The second-order valence-electron chi connectivity index (χ2n) is 4.56.